The molecule has 2 aliphatic rings. The van der Waals surface area contributed by atoms with E-state index in [9.17, 15) is 4.79 Å². The van der Waals surface area contributed by atoms with Crippen LogP contribution in [0.4, 0.5) is 11.6 Å². The standard InChI is InChI=1S/C22H29N5O2/c1-29-20-10-6-5-9-19(20)26-13-15-27(16-14-26)22-23-12-11-18(25-22)21(28)24-17-7-3-2-4-8-17/h5-6,9-12,17H,2-4,7-8,13-16H2,1H3,(H,24,28). The molecule has 1 saturated carbocycles. The normalized spacial score (nSPS) is 17.8. The van der Waals surface area contributed by atoms with Gasteiger partial charge in [0.25, 0.3) is 5.91 Å². The second-order valence-electron chi connectivity index (χ2n) is 7.70. The van der Waals surface area contributed by atoms with Crippen molar-refractivity contribution >= 4 is 17.5 Å². The summed E-state index contributed by atoms with van der Waals surface area (Å²) in [4.78, 5) is 26.0. The Bertz CT molecular complexity index is 829. The summed E-state index contributed by atoms with van der Waals surface area (Å²) in [5.41, 5.74) is 1.56. The minimum Gasteiger partial charge on any atom is -0.495 e. The van der Waals surface area contributed by atoms with E-state index in [0.717, 1.165) is 50.5 Å². The number of para-hydroxylation sites is 2. The number of hydrogen-bond acceptors (Lipinski definition) is 6. The van der Waals surface area contributed by atoms with E-state index in [2.05, 4.69) is 31.2 Å². The molecule has 1 aromatic heterocycles. The average Bonchev–Trinajstić information content (AvgIpc) is 2.80. The number of anilines is 2. The largest absolute Gasteiger partial charge is 0.495 e. The van der Waals surface area contributed by atoms with E-state index in [4.69, 9.17) is 4.74 Å². The fraction of sp³-hybridized carbons (Fsp3) is 0.500. The maximum atomic E-state index is 12.6. The minimum absolute atomic E-state index is 0.0896. The van der Waals surface area contributed by atoms with Gasteiger partial charge in [0, 0.05) is 38.4 Å². The Morgan fingerprint density at radius 1 is 1.03 bits per heavy atom. The zero-order chi connectivity index (χ0) is 20.1. The van der Waals surface area contributed by atoms with Crippen LogP contribution in [0, 0.1) is 0 Å². The van der Waals surface area contributed by atoms with Crippen molar-refractivity contribution in [1.29, 1.82) is 0 Å². The maximum Gasteiger partial charge on any atom is 0.270 e. The Labute approximate surface area is 172 Å². The van der Waals surface area contributed by atoms with Gasteiger partial charge in [-0.2, -0.15) is 0 Å². The molecule has 7 nitrogen and oxygen atoms in total. The molecule has 1 saturated heterocycles. The number of hydrogen-bond donors (Lipinski definition) is 1. The van der Waals surface area contributed by atoms with Crippen LogP contribution in [0.5, 0.6) is 5.75 Å². The lowest BCUT2D eigenvalue weighted by molar-refractivity contribution is 0.0922. The van der Waals surface area contributed by atoms with Gasteiger partial charge in [-0.15, -0.1) is 0 Å². The summed E-state index contributed by atoms with van der Waals surface area (Å²) in [6.07, 6.45) is 7.46. The van der Waals surface area contributed by atoms with Crippen molar-refractivity contribution in [1.82, 2.24) is 15.3 Å². The lowest BCUT2D eigenvalue weighted by Gasteiger charge is -2.36. The first-order valence-electron chi connectivity index (χ1n) is 10.5. The number of nitrogens with one attached hydrogen (secondary N) is 1. The van der Waals surface area contributed by atoms with Crippen LogP contribution in [0.25, 0.3) is 0 Å². The van der Waals surface area contributed by atoms with Crippen molar-refractivity contribution in [3.8, 4) is 5.75 Å². The number of aromatic nitrogens is 2. The number of piperazine rings is 1. The van der Waals surface area contributed by atoms with Crippen LogP contribution >= 0.6 is 0 Å². The van der Waals surface area contributed by atoms with Crippen LogP contribution in [0.3, 0.4) is 0 Å². The second-order valence-corrected chi connectivity index (χ2v) is 7.70. The number of rotatable bonds is 5. The van der Waals surface area contributed by atoms with Gasteiger partial charge in [-0.3, -0.25) is 4.79 Å². The number of amides is 1. The van der Waals surface area contributed by atoms with E-state index >= 15 is 0 Å². The Balaban J connectivity index is 1.38. The summed E-state index contributed by atoms with van der Waals surface area (Å²) < 4.78 is 5.49. The molecule has 154 valence electrons. The van der Waals surface area contributed by atoms with E-state index in [1.165, 1.54) is 19.3 Å². The molecule has 1 amide bonds. The highest BCUT2D eigenvalue weighted by Crippen LogP contribution is 2.28. The first-order chi connectivity index (χ1) is 14.2. The van der Waals surface area contributed by atoms with Crippen molar-refractivity contribution in [3.05, 3.63) is 42.2 Å². The van der Waals surface area contributed by atoms with Crippen molar-refractivity contribution < 1.29 is 9.53 Å². The summed E-state index contributed by atoms with van der Waals surface area (Å²) in [5, 5.41) is 3.14. The number of carbonyl (C=O) groups is 1. The Kier molecular flexibility index (Phi) is 6.12. The third-order valence-corrected chi connectivity index (χ3v) is 5.80. The zero-order valence-corrected chi connectivity index (χ0v) is 17.0. The predicted molar refractivity (Wildman–Crippen MR) is 114 cm³/mol. The van der Waals surface area contributed by atoms with Crippen molar-refractivity contribution in [2.45, 2.75) is 38.1 Å². The summed E-state index contributed by atoms with van der Waals surface area (Å²) >= 11 is 0. The van der Waals surface area contributed by atoms with E-state index in [1.54, 1.807) is 19.4 Å². The van der Waals surface area contributed by atoms with E-state index in [1.807, 2.05) is 18.2 Å². The van der Waals surface area contributed by atoms with Crippen LogP contribution in [0.15, 0.2) is 36.5 Å². The van der Waals surface area contributed by atoms with Gasteiger partial charge in [0.1, 0.15) is 11.4 Å². The van der Waals surface area contributed by atoms with Crippen LogP contribution in [-0.2, 0) is 0 Å². The molecule has 2 heterocycles. The van der Waals surface area contributed by atoms with Gasteiger partial charge < -0.3 is 19.9 Å². The zero-order valence-electron chi connectivity index (χ0n) is 17.0. The molecule has 29 heavy (non-hydrogen) atoms. The van der Waals surface area contributed by atoms with Gasteiger partial charge >= 0.3 is 0 Å². The highest BCUT2D eigenvalue weighted by Gasteiger charge is 2.23. The van der Waals surface area contributed by atoms with E-state index in [0.29, 0.717) is 11.6 Å². The molecule has 0 bridgehead atoms. The minimum atomic E-state index is -0.0896. The Hall–Kier alpha value is -2.83. The summed E-state index contributed by atoms with van der Waals surface area (Å²) in [6, 6.07) is 10.1. The molecule has 7 heteroatoms. The van der Waals surface area contributed by atoms with Crippen LogP contribution < -0.4 is 19.9 Å². The first kappa shape index (κ1) is 19.5. The summed E-state index contributed by atoms with van der Waals surface area (Å²) in [6.45, 7) is 3.29. The van der Waals surface area contributed by atoms with Gasteiger partial charge in [0.2, 0.25) is 5.95 Å². The van der Waals surface area contributed by atoms with E-state index in [-0.39, 0.29) is 11.9 Å². The molecule has 2 fully saturated rings. The van der Waals surface area contributed by atoms with Crippen molar-refractivity contribution in [2.75, 3.05) is 43.1 Å². The molecule has 4 rings (SSSR count). The van der Waals surface area contributed by atoms with Crippen LogP contribution in [-0.4, -0.2) is 55.2 Å². The lowest BCUT2D eigenvalue weighted by Crippen LogP contribution is -2.47. The molecule has 2 aromatic rings. The molecule has 1 aliphatic heterocycles. The Morgan fingerprint density at radius 3 is 2.52 bits per heavy atom. The van der Waals surface area contributed by atoms with E-state index < -0.39 is 0 Å². The van der Waals surface area contributed by atoms with Gasteiger partial charge in [0.05, 0.1) is 12.8 Å². The number of methoxy groups -OCH3 is 1. The van der Waals surface area contributed by atoms with Gasteiger partial charge in [0.15, 0.2) is 0 Å². The molecule has 0 spiro atoms. The molecule has 0 atom stereocenters. The SMILES string of the molecule is COc1ccccc1N1CCN(c2nccc(C(=O)NC3CCCCC3)n2)CC1. The van der Waals surface area contributed by atoms with Gasteiger partial charge in [-0.05, 0) is 31.0 Å². The summed E-state index contributed by atoms with van der Waals surface area (Å²) in [7, 11) is 1.70. The molecular formula is C22H29N5O2. The van der Waals surface area contributed by atoms with Crippen LogP contribution in [0.1, 0.15) is 42.6 Å². The lowest BCUT2D eigenvalue weighted by atomic mass is 9.95. The smallest absolute Gasteiger partial charge is 0.270 e. The summed E-state index contributed by atoms with van der Waals surface area (Å²) in [5.74, 6) is 1.42. The fourth-order valence-electron chi connectivity index (χ4n) is 4.17. The molecule has 0 radical (unpaired) electrons. The average molecular weight is 396 g/mol. The van der Waals surface area contributed by atoms with Gasteiger partial charge in [-0.25, -0.2) is 9.97 Å². The number of ether oxygens (including phenoxy) is 1. The van der Waals surface area contributed by atoms with Crippen molar-refractivity contribution in [2.24, 2.45) is 0 Å². The number of nitrogens with zero attached hydrogens (tertiary/aromatic N) is 4. The Morgan fingerprint density at radius 2 is 1.76 bits per heavy atom. The monoisotopic (exact) mass is 395 g/mol. The predicted octanol–water partition coefficient (Wildman–Crippen LogP) is 2.87. The second kappa shape index (κ2) is 9.11. The quantitative estimate of drug-likeness (QED) is 0.840. The highest BCUT2D eigenvalue weighted by atomic mass is 16.5. The number of carbonyl (C=O) groups excluding carboxylic acids is 1. The molecule has 0 unspecified atom stereocenters. The first-order valence-corrected chi connectivity index (χ1v) is 10.5. The third-order valence-electron chi connectivity index (χ3n) is 5.80. The van der Waals surface area contributed by atoms with Crippen LogP contribution in [0.2, 0.25) is 0 Å². The molecular weight excluding hydrogens is 366 g/mol. The third kappa shape index (κ3) is 4.60. The molecule has 1 aromatic carbocycles. The molecule has 1 N–H and O–H groups in total. The number of benzene rings is 1. The highest BCUT2D eigenvalue weighted by molar-refractivity contribution is 5.92. The fourth-order valence-corrected chi connectivity index (χ4v) is 4.17. The van der Waals surface area contributed by atoms with Gasteiger partial charge in [-0.1, -0.05) is 31.4 Å². The molecule has 1 aliphatic carbocycles. The van der Waals surface area contributed by atoms with Crippen molar-refractivity contribution in [3.63, 3.8) is 0 Å². The topological polar surface area (TPSA) is 70.6 Å². The maximum absolute atomic E-state index is 12.6.